The van der Waals surface area contributed by atoms with Gasteiger partial charge in [0.25, 0.3) is 5.91 Å². The molecule has 2 aromatic carbocycles. The van der Waals surface area contributed by atoms with Gasteiger partial charge in [-0.25, -0.2) is 4.79 Å². The number of para-hydroxylation sites is 1. The smallest absolute Gasteiger partial charge is 0.342 e. The number of hydrogen-bond donors (Lipinski definition) is 1. The normalized spacial score (nSPS) is 15.9. The molecule has 1 amide bonds. The Kier molecular flexibility index (Phi) is 4.44. The molecule has 1 aliphatic rings. The zero-order valence-corrected chi connectivity index (χ0v) is 13.8. The van der Waals surface area contributed by atoms with E-state index in [2.05, 4.69) is 0 Å². The van der Waals surface area contributed by atoms with E-state index in [0.29, 0.717) is 5.02 Å². The van der Waals surface area contributed by atoms with Gasteiger partial charge in [-0.1, -0.05) is 29.8 Å². The maximum Gasteiger partial charge on any atom is 0.342 e. The number of carbonyl (C=O) groups excluding carboxylic acids is 2. The number of nitrogens with zero attached hydrogens (tertiary/aromatic N) is 1. The number of aromatic hydroxyl groups is 1. The lowest BCUT2D eigenvalue weighted by Gasteiger charge is -2.22. The van der Waals surface area contributed by atoms with Crippen LogP contribution < -0.4 is 4.90 Å². The molecule has 6 heteroatoms. The van der Waals surface area contributed by atoms with Crippen LogP contribution in [0.4, 0.5) is 5.69 Å². The molecule has 2 aromatic rings. The van der Waals surface area contributed by atoms with Crippen LogP contribution in [-0.4, -0.2) is 29.6 Å². The first-order chi connectivity index (χ1) is 11.5. The molecule has 0 aromatic heterocycles. The standard InChI is InChI=1S/C18H16ClNO4/c1-11-8-12-4-2-3-5-15(12)20(11)17(22)10-24-18(23)14-7-6-13(19)9-16(14)21/h2-7,9,11,21H,8,10H2,1H3/t11-/m0/s1. The number of esters is 1. The van der Waals surface area contributed by atoms with Crippen molar-refractivity contribution >= 4 is 29.2 Å². The summed E-state index contributed by atoms with van der Waals surface area (Å²) in [5.41, 5.74) is 1.92. The number of rotatable bonds is 3. The molecule has 0 unspecified atom stereocenters. The fourth-order valence-electron chi connectivity index (χ4n) is 2.90. The summed E-state index contributed by atoms with van der Waals surface area (Å²) in [7, 11) is 0. The number of benzene rings is 2. The van der Waals surface area contributed by atoms with Gasteiger partial charge in [-0.15, -0.1) is 0 Å². The topological polar surface area (TPSA) is 66.8 Å². The molecule has 0 bridgehead atoms. The van der Waals surface area contributed by atoms with Crippen LogP contribution in [0.15, 0.2) is 42.5 Å². The SMILES string of the molecule is C[C@H]1Cc2ccccc2N1C(=O)COC(=O)c1ccc(Cl)cc1O. The number of amides is 1. The monoisotopic (exact) mass is 345 g/mol. The molecule has 1 atom stereocenters. The van der Waals surface area contributed by atoms with Gasteiger partial charge in [-0.05, 0) is 43.2 Å². The molecular weight excluding hydrogens is 330 g/mol. The van der Waals surface area contributed by atoms with Crippen LogP contribution in [0.25, 0.3) is 0 Å². The van der Waals surface area contributed by atoms with Crippen molar-refractivity contribution in [3.8, 4) is 5.75 Å². The van der Waals surface area contributed by atoms with E-state index in [4.69, 9.17) is 16.3 Å². The largest absolute Gasteiger partial charge is 0.507 e. The quantitative estimate of drug-likeness (QED) is 0.868. The highest BCUT2D eigenvalue weighted by atomic mass is 35.5. The molecule has 0 aliphatic carbocycles. The molecule has 0 saturated heterocycles. The van der Waals surface area contributed by atoms with Crippen molar-refractivity contribution < 1.29 is 19.4 Å². The molecule has 0 fully saturated rings. The number of halogens is 1. The molecule has 5 nitrogen and oxygen atoms in total. The first kappa shape index (κ1) is 16.3. The Morgan fingerprint density at radius 3 is 2.79 bits per heavy atom. The van der Waals surface area contributed by atoms with Crippen LogP contribution in [-0.2, 0) is 16.0 Å². The number of hydrogen-bond acceptors (Lipinski definition) is 4. The summed E-state index contributed by atoms with van der Waals surface area (Å²) in [6.07, 6.45) is 0.772. The minimum absolute atomic E-state index is 0.0116. The molecule has 1 aliphatic heterocycles. The third kappa shape index (κ3) is 3.08. The molecule has 3 rings (SSSR count). The first-order valence-electron chi connectivity index (χ1n) is 7.53. The van der Waals surface area contributed by atoms with E-state index in [1.165, 1.54) is 18.2 Å². The van der Waals surface area contributed by atoms with Gasteiger partial charge in [0.1, 0.15) is 11.3 Å². The van der Waals surface area contributed by atoms with Crippen molar-refractivity contribution in [1.82, 2.24) is 0 Å². The van der Waals surface area contributed by atoms with Crippen molar-refractivity contribution in [1.29, 1.82) is 0 Å². The van der Waals surface area contributed by atoms with E-state index in [1.807, 2.05) is 31.2 Å². The molecule has 24 heavy (non-hydrogen) atoms. The van der Waals surface area contributed by atoms with Crippen molar-refractivity contribution in [3.05, 3.63) is 58.6 Å². The van der Waals surface area contributed by atoms with Crippen molar-refractivity contribution in [2.24, 2.45) is 0 Å². The molecule has 0 radical (unpaired) electrons. The minimum Gasteiger partial charge on any atom is -0.507 e. The Morgan fingerprint density at radius 2 is 2.04 bits per heavy atom. The summed E-state index contributed by atoms with van der Waals surface area (Å²) < 4.78 is 5.05. The summed E-state index contributed by atoms with van der Waals surface area (Å²) in [5, 5.41) is 10.0. The van der Waals surface area contributed by atoms with Gasteiger partial charge >= 0.3 is 5.97 Å². The zero-order valence-electron chi connectivity index (χ0n) is 13.0. The Morgan fingerprint density at radius 1 is 1.29 bits per heavy atom. The number of carbonyl (C=O) groups is 2. The predicted molar refractivity (Wildman–Crippen MR) is 90.5 cm³/mol. The lowest BCUT2D eigenvalue weighted by Crippen LogP contribution is -2.38. The average molecular weight is 346 g/mol. The Labute approximate surface area is 144 Å². The molecular formula is C18H16ClNO4. The predicted octanol–water partition coefficient (Wildman–Crippen LogP) is 3.18. The van der Waals surface area contributed by atoms with Crippen molar-refractivity contribution in [2.45, 2.75) is 19.4 Å². The van der Waals surface area contributed by atoms with Crippen LogP contribution in [0.5, 0.6) is 5.75 Å². The summed E-state index contributed by atoms with van der Waals surface area (Å²) >= 11 is 5.73. The fourth-order valence-corrected chi connectivity index (χ4v) is 3.06. The van der Waals surface area contributed by atoms with E-state index >= 15 is 0 Å². The summed E-state index contributed by atoms with van der Waals surface area (Å²) in [6.45, 7) is 1.56. The third-order valence-electron chi connectivity index (χ3n) is 3.98. The Hall–Kier alpha value is -2.53. The lowest BCUT2D eigenvalue weighted by atomic mass is 10.1. The van der Waals surface area contributed by atoms with Gasteiger partial charge in [-0.3, -0.25) is 4.79 Å². The average Bonchev–Trinajstić information content (AvgIpc) is 2.88. The minimum atomic E-state index is -0.766. The summed E-state index contributed by atoms with van der Waals surface area (Å²) in [5.74, 6) is -1.34. The van der Waals surface area contributed by atoms with Crippen LogP contribution in [0.2, 0.25) is 5.02 Å². The van der Waals surface area contributed by atoms with Gasteiger partial charge in [0.15, 0.2) is 6.61 Å². The zero-order chi connectivity index (χ0) is 17.3. The van der Waals surface area contributed by atoms with E-state index < -0.39 is 5.97 Å². The molecule has 124 valence electrons. The van der Waals surface area contributed by atoms with E-state index in [0.717, 1.165) is 17.7 Å². The highest BCUT2D eigenvalue weighted by Gasteiger charge is 2.31. The van der Waals surface area contributed by atoms with E-state index in [1.54, 1.807) is 4.90 Å². The highest BCUT2D eigenvalue weighted by Crippen LogP contribution is 2.31. The van der Waals surface area contributed by atoms with Gasteiger partial charge in [-0.2, -0.15) is 0 Å². The second kappa shape index (κ2) is 6.53. The maximum atomic E-state index is 12.5. The molecule has 1 N–H and O–H groups in total. The highest BCUT2D eigenvalue weighted by molar-refractivity contribution is 6.30. The number of fused-ring (bicyclic) bond motifs is 1. The van der Waals surface area contributed by atoms with Crippen molar-refractivity contribution in [2.75, 3.05) is 11.5 Å². The number of phenols is 1. The third-order valence-corrected chi connectivity index (χ3v) is 4.22. The molecule has 0 saturated carbocycles. The van der Waals surface area contributed by atoms with Gasteiger partial charge in [0, 0.05) is 16.8 Å². The first-order valence-corrected chi connectivity index (χ1v) is 7.91. The maximum absolute atomic E-state index is 12.5. The number of ether oxygens (including phenoxy) is 1. The van der Waals surface area contributed by atoms with Crippen LogP contribution >= 0.6 is 11.6 Å². The summed E-state index contributed by atoms with van der Waals surface area (Å²) in [4.78, 5) is 26.1. The number of phenolic OH excluding ortho intramolecular Hbond substituents is 1. The van der Waals surface area contributed by atoms with Gasteiger partial charge < -0.3 is 14.7 Å². The summed E-state index contributed by atoms with van der Waals surface area (Å²) in [6, 6.07) is 11.8. The van der Waals surface area contributed by atoms with Gasteiger partial charge in [0.2, 0.25) is 0 Å². The van der Waals surface area contributed by atoms with Gasteiger partial charge in [0.05, 0.1) is 0 Å². The molecule has 0 spiro atoms. The van der Waals surface area contributed by atoms with Crippen LogP contribution in [0, 0.1) is 0 Å². The van der Waals surface area contributed by atoms with Crippen LogP contribution in [0.1, 0.15) is 22.8 Å². The van der Waals surface area contributed by atoms with E-state index in [9.17, 15) is 14.7 Å². The lowest BCUT2D eigenvalue weighted by molar-refractivity contribution is -0.122. The van der Waals surface area contributed by atoms with Crippen LogP contribution in [0.3, 0.4) is 0 Å². The molecule has 1 heterocycles. The second-order valence-electron chi connectivity index (χ2n) is 5.68. The Balaban J connectivity index is 1.69. The fraction of sp³-hybridized carbons (Fsp3) is 0.222. The second-order valence-corrected chi connectivity index (χ2v) is 6.12. The van der Waals surface area contributed by atoms with Crippen molar-refractivity contribution in [3.63, 3.8) is 0 Å². The van der Waals surface area contributed by atoms with E-state index in [-0.39, 0.29) is 29.9 Å². The number of anilines is 1. The Bertz CT molecular complexity index is 805.